The van der Waals surface area contributed by atoms with Gasteiger partial charge in [0.15, 0.2) is 5.96 Å². The number of halogens is 1. The van der Waals surface area contributed by atoms with Crippen molar-refractivity contribution in [1.82, 2.24) is 20.4 Å². The molecule has 2 heterocycles. The summed E-state index contributed by atoms with van der Waals surface area (Å²) in [5.74, 6) is 2.29. The van der Waals surface area contributed by atoms with Crippen LogP contribution < -0.4 is 10.6 Å². The van der Waals surface area contributed by atoms with Crippen LogP contribution in [0.2, 0.25) is 0 Å². The average molecular weight is 495 g/mol. The summed E-state index contributed by atoms with van der Waals surface area (Å²) in [5, 5.41) is 7.03. The topological polar surface area (TPSA) is 69.2 Å². The highest BCUT2D eigenvalue weighted by Gasteiger charge is 2.24. The number of likely N-dealkylation sites (tertiary alicyclic amines) is 2. The van der Waals surface area contributed by atoms with Crippen LogP contribution in [0.15, 0.2) is 4.99 Å². The van der Waals surface area contributed by atoms with Gasteiger partial charge in [-0.15, -0.1) is 24.0 Å². The Kier molecular flexibility index (Phi) is 11.4. The van der Waals surface area contributed by atoms with E-state index >= 15 is 0 Å². The Balaban J connectivity index is 0.00000364. The summed E-state index contributed by atoms with van der Waals surface area (Å²) >= 11 is 0. The highest BCUT2D eigenvalue weighted by Crippen LogP contribution is 2.17. The van der Waals surface area contributed by atoms with Crippen molar-refractivity contribution in [1.29, 1.82) is 0 Å². The first-order valence-corrected chi connectivity index (χ1v) is 10.0. The maximum absolute atomic E-state index is 11.6. The number of nitrogens with one attached hydrogen (secondary N) is 2. The molecule has 2 saturated heterocycles. The predicted octanol–water partition coefficient (Wildman–Crippen LogP) is 2.37. The van der Waals surface area contributed by atoms with Gasteiger partial charge in [-0.1, -0.05) is 13.8 Å². The van der Waals surface area contributed by atoms with Crippen molar-refractivity contribution in [2.24, 2.45) is 16.8 Å². The van der Waals surface area contributed by atoms with Gasteiger partial charge < -0.3 is 25.2 Å². The Morgan fingerprint density at radius 1 is 1.22 bits per heavy atom. The monoisotopic (exact) mass is 495 g/mol. The molecule has 2 fully saturated rings. The van der Waals surface area contributed by atoms with Crippen molar-refractivity contribution < 1.29 is 9.53 Å². The number of guanidine groups is 1. The second-order valence-electron chi connectivity index (χ2n) is 7.99. The maximum Gasteiger partial charge on any atom is 0.409 e. The number of ether oxygens (including phenoxy) is 1. The lowest BCUT2D eigenvalue weighted by Gasteiger charge is -2.35. The minimum atomic E-state index is -0.228. The molecule has 0 bridgehead atoms. The lowest BCUT2D eigenvalue weighted by atomic mass is 9.97. The van der Waals surface area contributed by atoms with Gasteiger partial charge >= 0.3 is 6.09 Å². The van der Waals surface area contributed by atoms with Gasteiger partial charge in [-0.2, -0.15) is 0 Å². The molecule has 2 rings (SSSR count). The van der Waals surface area contributed by atoms with Crippen LogP contribution in [0.3, 0.4) is 0 Å². The summed E-state index contributed by atoms with van der Waals surface area (Å²) in [6.07, 6.45) is 4.19. The van der Waals surface area contributed by atoms with Gasteiger partial charge in [0.05, 0.1) is 7.11 Å². The molecule has 2 aliphatic heterocycles. The second-order valence-corrected chi connectivity index (χ2v) is 7.99. The number of aliphatic imine (C=N–C) groups is 1. The zero-order valence-electron chi connectivity index (χ0n) is 17.4. The summed E-state index contributed by atoms with van der Waals surface area (Å²) < 4.78 is 4.79. The van der Waals surface area contributed by atoms with Crippen LogP contribution in [-0.4, -0.2) is 81.3 Å². The lowest BCUT2D eigenvalue weighted by molar-refractivity contribution is 0.111. The van der Waals surface area contributed by atoms with Gasteiger partial charge in [0.25, 0.3) is 0 Å². The Hall–Kier alpha value is -0.770. The third-order valence-corrected chi connectivity index (χ3v) is 5.28. The van der Waals surface area contributed by atoms with Crippen LogP contribution in [0.1, 0.15) is 39.5 Å². The predicted molar refractivity (Wildman–Crippen MR) is 121 cm³/mol. The largest absolute Gasteiger partial charge is 0.453 e. The van der Waals surface area contributed by atoms with Gasteiger partial charge in [-0.3, -0.25) is 4.99 Å². The van der Waals surface area contributed by atoms with Crippen LogP contribution in [0.5, 0.6) is 0 Å². The van der Waals surface area contributed by atoms with E-state index in [4.69, 9.17) is 4.74 Å². The standard InChI is InChI=1S/C19H37N5O2.HI/c1-15(2)13-23-9-5-6-16(14-23)12-21-18(20-3)22-17-7-10-24(11-8-17)19(25)26-4;/h15-17H,5-14H2,1-4H3,(H2,20,21,22);1H. The average Bonchev–Trinajstić information content (AvgIpc) is 2.64. The molecule has 2 N–H and O–H groups in total. The molecule has 7 nitrogen and oxygen atoms in total. The van der Waals surface area contributed by atoms with Gasteiger partial charge in [0.2, 0.25) is 0 Å². The molecule has 27 heavy (non-hydrogen) atoms. The minimum absolute atomic E-state index is 0. The fourth-order valence-electron chi connectivity index (χ4n) is 3.96. The van der Waals surface area contributed by atoms with Crippen LogP contribution in [0, 0.1) is 11.8 Å². The molecule has 2 aliphatic rings. The fraction of sp³-hybridized carbons (Fsp3) is 0.895. The van der Waals surface area contributed by atoms with E-state index in [2.05, 4.69) is 34.4 Å². The number of carbonyl (C=O) groups is 1. The van der Waals surface area contributed by atoms with Gasteiger partial charge in [0, 0.05) is 45.8 Å². The van der Waals surface area contributed by atoms with Crippen LogP contribution in [0.25, 0.3) is 0 Å². The molecule has 0 aliphatic carbocycles. The molecule has 1 unspecified atom stereocenters. The normalized spacial score (nSPS) is 22.3. The lowest BCUT2D eigenvalue weighted by Crippen LogP contribution is -2.51. The van der Waals surface area contributed by atoms with Crippen molar-refractivity contribution in [2.45, 2.75) is 45.6 Å². The van der Waals surface area contributed by atoms with E-state index in [-0.39, 0.29) is 30.1 Å². The first-order valence-electron chi connectivity index (χ1n) is 10.0. The van der Waals surface area contributed by atoms with Crippen LogP contribution >= 0.6 is 24.0 Å². The van der Waals surface area contributed by atoms with Crippen molar-refractivity contribution in [3.05, 3.63) is 0 Å². The van der Waals surface area contributed by atoms with E-state index in [1.54, 1.807) is 4.90 Å². The molecule has 158 valence electrons. The van der Waals surface area contributed by atoms with Crippen LogP contribution in [-0.2, 0) is 4.74 Å². The highest BCUT2D eigenvalue weighted by molar-refractivity contribution is 14.0. The number of piperidine rings is 2. The number of hydrogen-bond acceptors (Lipinski definition) is 4. The van der Waals surface area contributed by atoms with E-state index in [0.29, 0.717) is 12.0 Å². The Bertz CT molecular complexity index is 467. The third kappa shape index (κ3) is 8.41. The molecule has 1 atom stereocenters. The summed E-state index contributed by atoms with van der Waals surface area (Å²) in [6.45, 7) is 10.6. The zero-order valence-corrected chi connectivity index (χ0v) is 19.7. The first kappa shape index (κ1) is 24.3. The number of nitrogens with zero attached hydrogens (tertiary/aromatic N) is 3. The molecule has 0 radical (unpaired) electrons. The number of rotatable bonds is 5. The van der Waals surface area contributed by atoms with E-state index < -0.39 is 0 Å². The van der Waals surface area contributed by atoms with E-state index in [9.17, 15) is 4.79 Å². The molecular formula is C19H38IN5O2. The molecular weight excluding hydrogens is 457 g/mol. The number of hydrogen-bond donors (Lipinski definition) is 2. The van der Waals surface area contributed by atoms with Gasteiger partial charge in [0.1, 0.15) is 0 Å². The highest BCUT2D eigenvalue weighted by atomic mass is 127. The SMILES string of the molecule is CN=C(NCC1CCCN(CC(C)C)C1)NC1CCN(C(=O)OC)CC1.I. The van der Waals surface area contributed by atoms with E-state index in [1.165, 1.54) is 39.6 Å². The Morgan fingerprint density at radius 3 is 2.52 bits per heavy atom. The summed E-state index contributed by atoms with van der Waals surface area (Å²) in [6, 6.07) is 0.353. The zero-order chi connectivity index (χ0) is 18.9. The summed E-state index contributed by atoms with van der Waals surface area (Å²) in [4.78, 5) is 20.3. The first-order chi connectivity index (χ1) is 12.5. The summed E-state index contributed by atoms with van der Waals surface area (Å²) in [5.41, 5.74) is 0. The molecule has 0 spiro atoms. The molecule has 0 saturated carbocycles. The quantitative estimate of drug-likeness (QED) is 0.348. The molecule has 8 heteroatoms. The van der Waals surface area contributed by atoms with Gasteiger partial charge in [-0.05, 0) is 44.1 Å². The maximum atomic E-state index is 11.6. The molecule has 0 aromatic heterocycles. The Morgan fingerprint density at radius 2 is 1.93 bits per heavy atom. The van der Waals surface area contributed by atoms with Crippen molar-refractivity contribution in [3.63, 3.8) is 0 Å². The third-order valence-electron chi connectivity index (χ3n) is 5.28. The van der Waals surface area contributed by atoms with Crippen LogP contribution in [0.4, 0.5) is 4.79 Å². The second kappa shape index (κ2) is 12.6. The molecule has 0 aromatic carbocycles. The van der Waals surface area contributed by atoms with E-state index in [0.717, 1.165) is 44.4 Å². The van der Waals surface area contributed by atoms with Crippen molar-refractivity contribution >= 4 is 36.0 Å². The molecule has 0 aromatic rings. The number of carbonyl (C=O) groups excluding carboxylic acids is 1. The fourth-order valence-corrected chi connectivity index (χ4v) is 3.96. The minimum Gasteiger partial charge on any atom is -0.453 e. The number of amides is 1. The molecule has 1 amide bonds. The number of methoxy groups -OCH3 is 1. The smallest absolute Gasteiger partial charge is 0.409 e. The van der Waals surface area contributed by atoms with Crippen molar-refractivity contribution in [2.75, 3.05) is 53.4 Å². The van der Waals surface area contributed by atoms with Crippen molar-refractivity contribution in [3.8, 4) is 0 Å². The van der Waals surface area contributed by atoms with E-state index in [1.807, 2.05) is 7.05 Å². The Labute approximate surface area is 181 Å². The summed E-state index contributed by atoms with van der Waals surface area (Å²) in [7, 11) is 3.26. The van der Waals surface area contributed by atoms with Gasteiger partial charge in [-0.25, -0.2) is 4.79 Å².